The van der Waals surface area contributed by atoms with Gasteiger partial charge >= 0.3 is 6.03 Å². The summed E-state index contributed by atoms with van der Waals surface area (Å²) in [7, 11) is -0.793. The van der Waals surface area contributed by atoms with Crippen LogP contribution in [0.5, 0.6) is 0 Å². The van der Waals surface area contributed by atoms with Gasteiger partial charge in [0.05, 0.1) is 0 Å². The average Bonchev–Trinajstić information content (AvgIpc) is 1.82. The molecule has 0 aliphatic rings. The maximum Gasteiger partial charge on any atom is 0.312 e. The van der Waals surface area contributed by atoms with Crippen molar-refractivity contribution in [1.82, 2.24) is 5.32 Å². The molecule has 2 amide bonds. The van der Waals surface area contributed by atoms with E-state index in [1.165, 1.54) is 0 Å². The van der Waals surface area contributed by atoms with Gasteiger partial charge in [0.25, 0.3) is 0 Å². The van der Waals surface area contributed by atoms with Gasteiger partial charge in [-0.3, -0.25) is 4.21 Å². The van der Waals surface area contributed by atoms with Crippen molar-refractivity contribution in [3.8, 4) is 0 Å². The van der Waals surface area contributed by atoms with Crippen molar-refractivity contribution in [1.29, 1.82) is 0 Å². The average molecular weight is 178 g/mol. The minimum atomic E-state index is -0.793. The number of nitrogens with one attached hydrogen (secondary N) is 1. The Morgan fingerprint density at radius 2 is 2.27 bits per heavy atom. The highest BCUT2D eigenvalue weighted by atomic mass is 32.2. The van der Waals surface area contributed by atoms with Crippen LogP contribution in [0.2, 0.25) is 0 Å². The van der Waals surface area contributed by atoms with Gasteiger partial charge in [-0.05, 0) is 13.3 Å². The van der Waals surface area contributed by atoms with E-state index >= 15 is 0 Å². The minimum absolute atomic E-state index is 0.0106. The molecule has 5 heteroatoms. The highest BCUT2D eigenvalue weighted by molar-refractivity contribution is 7.84. The topological polar surface area (TPSA) is 72.2 Å². The normalized spacial score (nSPS) is 15.5. The maximum atomic E-state index is 10.6. The summed E-state index contributed by atoms with van der Waals surface area (Å²) in [5, 5.41) is 2.50. The molecule has 0 radical (unpaired) electrons. The fourth-order valence-electron chi connectivity index (χ4n) is 0.658. The first-order valence-electron chi connectivity index (χ1n) is 3.38. The van der Waals surface area contributed by atoms with E-state index in [0.29, 0.717) is 12.2 Å². The van der Waals surface area contributed by atoms with Gasteiger partial charge in [-0.1, -0.05) is 0 Å². The first-order chi connectivity index (χ1) is 5.02. The Morgan fingerprint density at radius 1 is 1.73 bits per heavy atom. The second-order valence-electron chi connectivity index (χ2n) is 2.48. The van der Waals surface area contributed by atoms with Crippen LogP contribution in [-0.4, -0.2) is 28.3 Å². The fraction of sp³-hybridized carbons (Fsp3) is 0.833. The number of primary amides is 1. The zero-order valence-electron chi connectivity index (χ0n) is 6.79. The third-order valence-electron chi connectivity index (χ3n) is 1.23. The van der Waals surface area contributed by atoms with Crippen LogP contribution in [0.4, 0.5) is 4.79 Å². The molecule has 0 rings (SSSR count). The first-order valence-corrected chi connectivity index (χ1v) is 5.11. The van der Waals surface area contributed by atoms with Gasteiger partial charge in [0.1, 0.15) is 0 Å². The summed E-state index contributed by atoms with van der Waals surface area (Å²) < 4.78 is 10.6. The van der Waals surface area contributed by atoms with Crippen molar-refractivity contribution in [3.63, 3.8) is 0 Å². The van der Waals surface area contributed by atoms with E-state index < -0.39 is 16.8 Å². The van der Waals surface area contributed by atoms with E-state index in [9.17, 15) is 9.00 Å². The maximum absolute atomic E-state index is 10.6. The second-order valence-corrected chi connectivity index (χ2v) is 4.03. The van der Waals surface area contributed by atoms with Crippen LogP contribution in [0, 0.1) is 0 Å². The minimum Gasteiger partial charge on any atom is -0.352 e. The van der Waals surface area contributed by atoms with E-state index in [0.717, 1.165) is 0 Å². The number of carbonyl (C=O) groups excluding carboxylic acids is 1. The lowest BCUT2D eigenvalue weighted by Crippen LogP contribution is -2.37. The molecule has 0 fully saturated rings. The largest absolute Gasteiger partial charge is 0.352 e. The Bertz CT molecular complexity index is 161. The van der Waals surface area contributed by atoms with Crippen LogP contribution < -0.4 is 11.1 Å². The van der Waals surface area contributed by atoms with Crippen molar-refractivity contribution < 1.29 is 9.00 Å². The van der Waals surface area contributed by atoms with Crippen LogP contribution in [-0.2, 0) is 10.8 Å². The zero-order chi connectivity index (χ0) is 8.85. The summed E-state index contributed by atoms with van der Waals surface area (Å²) in [6.07, 6.45) is 2.34. The highest BCUT2D eigenvalue weighted by Gasteiger charge is 2.03. The van der Waals surface area contributed by atoms with Crippen LogP contribution in [0.1, 0.15) is 13.3 Å². The molecule has 2 atom stereocenters. The Hall–Kier alpha value is -0.580. The molecule has 11 heavy (non-hydrogen) atoms. The van der Waals surface area contributed by atoms with Crippen LogP contribution in [0.15, 0.2) is 0 Å². The van der Waals surface area contributed by atoms with Crippen LogP contribution >= 0.6 is 0 Å². The van der Waals surface area contributed by atoms with Gasteiger partial charge in [-0.25, -0.2) is 4.79 Å². The number of carbonyl (C=O) groups is 1. The van der Waals surface area contributed by atoms with E-state index in [-0.39, 0.29) is 6.04 Å². The number of hydrogen-bond acceptors (Lipinski definition) is 2. The van der Waals surface area contributed by atoms with Crippen LogP contribution in [0.25, 0.3) is 0 Å². The van der Waals surface area contributed by atoms with Gasteiger partial charge in [-0.15, -0.1) is 0 Å². The smallest absolute Gasteiger partial charge is 0.312 e. The van der Waals surface area contributed by atoms with Crippen molar-refractivity contribution in [2.75, 3.05) is 12.0 Å². The molecule has 0 aliphatic carbocycles. The molecule has 0 aliphatic heterocycles. The molecule has 0 aromatic heterocycles. The molecule has 0 saturated carbocycles. The summed E-state index contributed by atoms with van der Waals surface area (Å²) in [5.41, 5.74) is 4.87. The molecule has 0 aromatic carbocycles. The fourth-order valence-corrected chi connectivity index (χ4v) is 1.34. The number of urea groups is 1. The second kappa shape index (κ2) is 5.12. The van der Waals surface area contributed by atoms with Crippen molar-refractivity contribution in [2.24, 2.45) is 5.73 Å². The molecule has 66 valence electrons. The number of nitrogens with two attached hydrogens (primary N) is 1. The van der Waals surface area contributed by atoms with E-state index in [1.54, 1.807) is 6.26 Å². The Morgan fingerprint density at radius 3 is 2.64 bits per heavy atom. The number of amides is 2. The molecule has 0 aromatic rings. The lowest BCUT2D eigenvalue weighted by molar-refractivity contribution is 0.245. The Kier molecular flexibility index (Phi) is 4.85. The van der Waals surface area contributed by atoms with Gasteiger partial charge in [0.15, 0.2) is 0 Å². The third kappa shape index (κ3) is 7.32. The highest BCUT2D eigenvalue weighted by Crippen LogP contribution is 1.91. The zero-order valence-corrected chi connectivity index (χ0v) is 7.61. The van der Waals surface area contributed by atoms with Crippen molar-refractivity contribution in [3.05, 3.63) is 0 Å². The SMILES string of the molecule is CC(CCS(C)=O)NC(N)=O. The lowest BCUT2D eigenvalue weighted by atomic mass is 10.3. The van der Waals surface area contributed by atoms with Crippen LogP contribution in [0.3, 0.4) is 0 Å². The van der Waals surface area contributed by atoms with E-state index in [1.807, 2.05) is 6.92 Å². The molecule has 0 bridgehead atoms. The molecule has 0 saturated heterocycles. The summed E-state index contributed by atoms with van der Waals surface area (Å²) in [6, 6.07) is -0.518. The molecular formula is C6H14N2O2S. The molecule has 4 nitrogen and oxygen atoms in total. The van der Waals surface area contributed by atoms with Crippen molar-refractivity contribution >= 4 is 16.8 Å². The predicted molar refractivity (Wildman–Crippen MR) is 45.7 cm³/mol. The predicted octanol–water partition coefficient (Wildman–Crippen LogP) is -0.188. The summed E-state index contributed by atoms with van der Waals surface area (Å²) >= 11 is 0. The quantitative estimate of drug-likeness (QED) is 0.626. The summed E-state index contributed by atoms with van der Waals surface area (Å²) in [4.78, 5) is 10.3. The van der Waals surface area contributed by atoms with Gasteiger partial charge in [-0.2, -0.15) is 0 Å². The number of hydrogen-bond donors (Lipinski definition) is 2. The molecule has 0 heterocycles. The summed E-state index contributed by atoms with van der Waals surface area (Å²) in [6.45, 7) is 1.83. The van der Waals surface area contributed by atoms with Crippen molar-refractivity contribution in [2.45, 2.75) is 19.4 Å². The Labute approximate surface area is 69.0 Å². The van der Waals surface area contributed by atoms with Gasteiger partial charge in [0, 0.05) is 28.9 Å². The molecule has 0 spiro atoms. The Balaban J connectivity index is 3.44. The third-order valence-corrected chi connectivity index (χ3v) is 2.04. The lowest BCUT2D eigenvalue weighted by Gasteiger charge is -2.09. The monoisotopic (exact) mass is 178 g/mol. The molecular weight excluding hydrogens is 164 g/mol. The standard InChI is InChI=1S/C6H14N2O2S/c1-5(8-6(7)9)3-4-11(2)10/h5H,3-4H2,1-2H3,(H3,7,8,9). The van der Waals surface area contributed by atoms with E-state index in [4.69, 9.17) is 5.73 Å². The number of rotatable bonds is 4. The van der Waals surface area contributed by atoms with E-state index in [2.05, 4.69) is 5.32 Å². The molecule has 2 unspecified atom stereocenters. The van der Waals surface area contributed by atoms with Gasteiger partial charge < -0.3 is 11.1 Å². The summed E-state index contributed by atoms with van der Waals surface area (Å²) in [5.74, 6) is 0.599. The first kappa shape index (κ1) is 10.4. The van der Waals surface area contributed by atoms with Gasteiger partial charge in [0.2, 0.25) is 0 Å². The molecule has 3 N–H and O–H groups in total.